The summed E-state index contributed by atoms with van der Waals surface area (Å²) < 4.78 is 0. The van der Waals surface area contributed by atoms with Crippen LogP contribution in [-0.4, -0.2) is 17.4 Å². The van der Waals surface area contributed by atoms with Gasteiger partial charge in [-0.3, -0.25) is 4.79 Å². The Morgan fingerprint density at radius 1 is 1.09 bits per heavy atom. The number of nitrogens with one attached hydrogen (secondary N) is 2. The van der Waals surface area contributed by atoms with Crippen molar-refractivity contribution in [2.24, 2.45) is 23.2 Å². The Morgan fingerprint density at radius 3 is 2.48 bits per heavy atom. The number of fused-ring (bicyclic) bond motifs is 1. The maximum Gasteiger partial charge on any atom is 0.251 e. The minimum atomic E-state index is 0.0869. The average molecular weight is 308 g/mol. The van der Waals surface area contributed by atoms with Gasteiger partial charge in [-0.15, -0.1) is 0 Å². The van der Waals surface area contributed by atoms with E-state index in [2.05, 4.69) is 10.3 Å². The van der Waals surface area contributed by atoms with Crippen LogP contribution in [0.4, 0.5) is 0 Å². The second-order valence-corrected chi connectivity index (χ2v) is 8.38. The van der Waals surface area contributed by atoms with Gasteiger partial charge in [0, 0.05) is 29.2 Å². The smallest absolute Gasteiger partial charge is 0.251 e. The molecule has 1 heterocycles. The molecule has 4 aliphatic rings. The van der Waals surface area contributed by atoms with Crippen LogP contribution in [0.3, 0.4) is 0 Å². The first-order valence-corrected chi connectivity index (χ1v) is 9.04. The first kappa shape index (κ1) is 13.6. The summed E-state index contributed by atoms with van der Waals surface area (Å²) in [5.74, 6) is 2.90. The maximum atomic E-state index is 12.6. The fourth-order valence-electron chi connectivity index (χ4n) is 6.07. The van der Waals surface area contributed by atoms with Crippen molar-refractivity contribution in [2.45, 2.75) is 38.5 Å². The van der Waals surface area contributed by atoms with Gasteiger partial charge in [-0.25, -0.2) is 0 Å². The fourth-order valence-corrected chi connectivity index (χ4v) is 6.07. The van der Waals surface area contributed by atoms with Crippen molar-refractivity contribution in [3.8, 4) is 0 Å². The molecule has 1 aromatic heterocycles. The number of carbonyl (C=O) groups excluding carboxylic acids is 1. The highest BCUT2D eigenvalue weighted by molar-refractivity contribution is 5.98. The summed E-state index contributed by atoms with van der Waals surface area (Å²) in [6.45, 7) is 0.876. The van der Waals surface area contributed by atoms with Crippen molar-refractivity contribution in [3.63, 3.8) is 0 Å². The van der Waals surface area contributed by atoms with Crippen LogP contribution in [0.1, 0.15) is 48.9 Å². The van der Waals surface area contributed by atoms with Crippen LogP contribution in [0.2, 0.25) is 0 Å². The number of hydrogen-bond acceptors (Lipinski definition) is 1. The summed E-state index contributed by atoms with van der Waals surface area (Å²) in [6, 6.07) is 7.93. The largest absolute Gasteiger partial charge is 0.361 e. The number of hydrogen-bond donors (Lipinski definition) is 2. The van der Waals surface area contributed by atoms with E-state index in [1.54, 1.807) is 0 Å². The van der Waals surface area contributed by atoms with Crippen molar-refractivity contribution >= 4 is 16.8 Å². The lowest BCUT2D eigenvalue weighted by Crippen LogP contribution is -2.51. The third-order valence-electron chi connectivity index (χ3n) is 6.60. The molecule has 0 atom stereocenters. The molecule has 2 aromatic rings. The van der Waals surface area contributed by atoms with Crippen LogP contribution in [0.15, 0.2) is 30.5 Å². The average Bonchev–Trinajstić information content (AvgIpc) is 2.99. The molecule has 0 spiro atoms. The predicted molar refractivity (Wildman–Crippen MR) is 91.2 cm³/mol. The van der Waals surface area contributed by atoms with E-state index in [1.807, 2.05) is 30.5 Å². The summed E-state index contributed by atoms with van der Waals surface area (Å²) in [5.41, 5.74) is 2.27. The van der Waals surface area contributed by atoms with Crippen molar-refractivity contribution in [1.29, 1.82) is 0 Å². The molecule has 0 unspecified atom stereocenters. The predicted octanol–water partition coefficient (Wildman–Crippen LogP) is 4.11. The molecule has 23 heavy (non-hydrogen) atoms. The van der Waals surface area contributed by atoms with E-state index in [9.17, 15) is 4.79 Å². The highest BCUT2D eigenvalue weighted by Gasteiger charge is 2.50. The van der Waals surface area contributed by atoms with E-state index >= 15 is 0 Å². The van der Waals surface area contributed by atoms with Gasteiger partial charge in [0.1, 0.15) is 0 Å². The minimum Gasteiger partial charge on any atom is -0.361 e. The van der Waals surface area contributed by atoms with Crippen molar-refractivity contribution in [3.05, 3.63) is 36.0 Å². The van der Waals surface area contributed by atoms with Gasteiger partial charge in [-0.2, -0.15) is 0 Å². The Hall–Kier alpha value is -1.77. The van der Waals surface area contributed by atoms with Gasteiger partial charge in [-0.05, 0) is 86.0 Å². The summed E-state index contributed by atoms with van der Waals surface area (Å²) >= 11 is 0. The van der Waals surface area contributed by atoms with E-state index in [1.165, 1.54) is 38.5 Å². The third kappa shape index (κ3) is 2.29. The van der Waals surface area contributed by atoms with Gasteiger partial charge in [0.15, 0.2) is 0 Å². The van der Waals surface area contributed by atoms with Crippen LogP contribution in [0.5, 0.6) is 0 Å². The Kier molecular flexibility index (Phi) is 2.88. The van der Waals surface area contributed by atoms with Gasteiger partial charge in [0.05, 0.1) is 0 Å². The van der Waals surface area contributed by atoms with E-state index in [0.717, 1.165) is 40.8 Å². The number of amides is 1. The Bertz CT molecular complexity index is 725. The Labute approximate surface area is 136 Å². The number of aromatic amines is 1. The lowest BCUT2D eigenvalue weighted by Gasteiger charge is -2.56. The van der Waals surface area contributed by atoms with E-state index in [-0.39, 0.29) is 5.91 Å². The quantitative estimate of drug-likeness (QED) is 0.880. The summed E-state index contributed by atoms with van der Waals surface area (Å²) in [4.78, 5) is 15.8. The molecule has 0 aliphatic heterocycles. The van der Waals surface area contributed by atoms with Crippen molar-refractivity contribution < 1.29 is 4.79 Å². The molecule has 1 amide bonds. The molecular weight excluding hydrogens is 284 g/mol. The molecule has 120 valence electrons. The van der Waals surface area contributed by atoms with Crippen LogP contribution >= 0.6 is 0 Å². The Morgan fingerprint density at radius 2 is 1.78 bits per heavy atom. The van der Waals surface area contributed by atoms with E-state index in [4.69, 9.17) is 0 Å². The normalized spacial score (nSPS) is 34.9. The molecule has 1 aromatic carbocycles. The first-order chi connectivity index (χ1) is 11.2. The first-order valence-electron chi connectivity index (χ1n) is 9.04. The van der Waals surface area contributed by atoms with Crippen LogP contribution in [0, 0.1) is 23.2 Å². The molecule has 4 aliphatic carbocycles. The minimum absolute atomic E-state index is 0.0869. The number of rotatable bonds is 3. The summed E-state index contributed by atoms with van der Waals surface area (Å²) in [6.07, 6.45) is 10.3. The molecule has 4 bridgehead atoms. The SMILES string of the molecule is O=C(NCC12CC3CC(CC(C3)C1)C2)c1ccc2[nH]ccc2c1. The zero-order valence-electron chi connectivity index (χ0n) is 13.5. The molecule has 0 radical (unpaired) electrons. The molecule has 3 nitrogen and oxygen atoms in total. The Balaban J connectivity index is 1.31. The number of carbonyl (C=O) groups is 1. The van der Waals surface area contributed by atoms with Crippen LogP contribution in [0.25, 0.3) is 10.9 Å². The van der Waals surface area contributed by atoms with E-state index < -0.39 is 0 Å². The van der Waals surface area contributed by atoms with Crippen LogP contribution < -0.4 is 5.32 Å². The lowest BCUT2D eigenvalue weighted by atomic mass is 9.49. The fraction of sp³-hybridized carbons (Fsp3) is 0.550. The number of aromatic nitrogens is 1. The highest BCUT2D eigenvalue weighted by Crippen LogP contribution is 2.59. The topological polar surface area (TPSA) is 44.9 Å². The lowest BCUT2D eigenvalue weighted by molar-refractivity contribution is -0.0503. The molecule has 0 saturated heterocycles. The molecular formula is C20H24N2O. The van der Waals surface area contributed by atoms with Gasteiger partial charge in [-0.1, -0.05) is 0 Å². The van der Waals surface area contributed by atoms with Gasteiger partial charge >= 0.3 is 0 Å². The monoisotopic (exact) mass is 308 g/mol. The number of benzene rings is 1. The molecule has 2 N–H and O–H groups in total. The summed E-state index contributed by atoms with van der Waals surface area (Å²) in [5, 5.41) is 4.37. The summed E-state index contributed by atoms with van der Waals surface area (Å²) in [7, 11) is 0. The number of H-pyrrole nitrogens is 1. The molecule has 4 saturated carbocycles. The highest BCUT2D eigenvalue weighted by atomic mass is 16.1. The van der Waals surface area contributed by atoms with Gasteiger partial charge in [0.2, 0.25) is 0 Å². The standard InChI is InChI=1S/C20H24N2O/c23-19(17-1-2-18-16(8-17)3-4-21-18)22-12-20-9-13-5-14(10-20)7-15(6-13)11-20/h1-4,8,13-15,21H,5-7,9-12H2,(H,22,23). The van der Waals surface area contributed by atoms with Gasteiger partial charge < -0.3 is 10.3 Å². The van der Waals surface area contributed by atoms with Crippen molar-refractivity contribution in [1.82, 2.24) is 10.3 Å². The van der Waals surface area contributed by atoms with Crippen LogP contribution in [-0.2, 0) is 0 Å². The molecule has 6 rings (SSSR count). The molecule has 3 heteroatoms. The molecule has 4 fully saturated rings. The zero-order chi connectivity index (χ0) is 15.4. The van der Waals surface area contributed by atoms with E-state index in [0.29, 0.717) is 5.41 Å². The maximum absolute atomic E-state index is 12.6. The third-order valence-corrected chi connectivity index (χ3v) is 6.60. The second-order valence-electron chi connectivity index (χ2n) is 8.38. The second kappa shape index (κ2) is 4.86. The zero-order valence-corrected chi connectivity index (χ0v) is 13.5. The van der Waals surface area contributed by atoms with Gasteiger partial charge in [0.25, 0.3) is 5.91 Å². The van der Waals surface area contributed by atoms with Crippen molar-refractivity contribution in [2.75, 3.05) is 6.54 Å².